The molecule has 0 N–H and O–H groups in total. The molecule has 0 fully saturated rings. The Bertz CT molecular complexity index is 578. The number of ether oxygens (including phenoxy) is 1. The van der Waals surface area contributed by atoms with E-state index < -0.39 is 0 Å². The molecular formula is C16H15ClO2. The molecule has 0 unspecified atom stereocenters. The number of ketones is 1. The first-order chi connectivity index (χ1) is 9.20. The van der Waals surface area contributed by atoms with Crippen molar-refractivity contribution in [2.45, 2.75) is 13.3 Å². The predicted molar refractivity (Wildman–Crippen MR) is 77.1 cm³/mol. The third-order valence-electron chi connectivity index (χ3n) is 2.86. The van der Waals surface area contributed by atoms with Gasteiger partial charge in [-0.05, 0) is 30.2 Å². The Hall–Kier alpha value is -1.80. The molecule has 0 radical (unpaired) electrons. The van der Waals surface area contributed by atoms with E-state index in [0.717, 1.165) is 17.7 Å². The molecule has 0 saturated heterocycles. The normalized spacial score (nSPS) is 10.2. The van der Waals surface area contributed by atoms with Gasteiger partial charge in [-0.3, -0.25) is 4.79 Å². The molecule has 0 aliphatic carbocycles. The molecule has 0 heterocycles. The summed E-state index contributed by atoms with van der Waals surface area (Å²) in [5.41, 5.74) is 1.67. The van der Waals surface area contributed by atoms with E-state index in [-0.39, 0.29) is 12.4 Å². The van der Waals surface area contributed by atoms with Crippen molar-refractivity contribution in [3.05, 3.63) is 64.7 Å². The van der Waals surface area contributed by atoms with Crippen LogP contribution in [0.5, 0.6) is 5.75 Å². The summed E-state index contributed by atoms with van der Waals surface area (Å²) in [6, 6.07) is 14.6. The van der Waals surface area contributed by atoms with Crippen LogP contribution in [0.4, 0.5) is 0 Å². The Balaban J connectivity index is 2.04. The van der Waals surface area contributed by atoms with Crippen molar-refractivity contribution in [2.24, 2.45) is 0 Å². The quantitative estimate of drug-likeness (QED) is 0.765. The maximum Gasteiger partial charge on any atom is 0.200 e. The summed E-state index contributed by atoms with van der Waals surface area (Å²) < 4.78 is 5.59. The number of hydrogen-bond donors (Lipinski definition) is 0. The SMILES string of the molecule is CCc1ccccc1OCC(=O)c1cccc(Cl)c1. The Kier molecular flexibility index (Phi) is 4.58. The zero-order chi connectivity index (χ0) is 13.7. The van der Waals surface area contributed by atoms with Crippen LogP contribution < -0.4 is 4.74 Å². The molecule has 2 aromatic rings. The zero-order valence-electron chi connectivity index (χ0n) is 10.7. The number of aryl methyl sites for hydroxylation is 1. The van der Waals surface area contributed by atoms with Crippen molar-refractivity contribution in [1.82, 2.24) is 0 Å². The van der Waals surface area contributed by atoms with Gasteiger partial charge in [0.1, 0.15) is 5.75 Å². The lowest BCUT2D eigenvalue weighted by atomic mass is 10.1. The molecule has 98 valence electrons. The van der Waals surface area contributed by atoms with Gasteiger partial charge in [-0.25, -0.2) is 0 Å². The molecule has 0 saturated carbocycles. The number of rotatable bonds is 5. The third kappa shape index (κ3) is 3.58. The molecule has 2 aromatic carbocycles. The zero-order valence-corrected chi connectivity index (χ0v) is 11.5. The van der Waals surface area contributed by atoms with Gasteiger partial charge in [0.25, 0.3) is 0 Å². The monoisotopic (exact) mass is 274 g/mol. The first-order valence-electron chi connectivity index (χ1n) is 6.20. The van der Waals surface area contributed by atoms with Crippen LogP contribution in [0.2, 0.25) is 5.02 Å². The lowest BCUT2D eigenvalue weighted by Gasteiger charge is -2.09. The van der Waals surface area contributed by atoms with Gasteiger partial charge in [0.15, 0.2) is 12.4 Å². The van der Waals surface area contributed by atoms with Crippen molar-refractivity contribution in [3.63, 3.8) is 0 Å². The van der Waals surface area contributed by atoms with Crippen molar-refractivity contribution in [3.8, 4) is 5.75 Å². The van der Waals surface area contributed by atoms with Gasteiger partial charge in [-0.1, -0.05) is 48.9 Å². The van der Waals surface area contributed by atoms with Crippen LogP contribution in [0.15, 0.2) is 48.5 Å². The third-order valence-corrected chi connectivity index (χ3v) is 3.09. The highest BCUT2D eigenvalue weighted by Crippen LogP contribution is 2.19. The van der Waals surface area contributed by atoms with E-state index >= 15 is 0 Å². The lowest BCUT2D eigenvalue weighted by Crippen LogP contribution is -2.12. The van der Waals surface area contributed by atoms with Gasteiger partial charge >= 0.3 is 0 Å². The Morgan fingerprint density at radius 2 is 1.95 bits per heavy atom. The van der Waals surface area contributed by atoms with E-state index in [4.69, 9.17) is 16.3 Å². The van der Waals surface area contributed by atoms with E-state index in [9.17, 15) is 4.79 Å². The number of para-hydroxylation sites is 1. The van der Waals surface area contributed by atoms with Gasteiger partial charge in [0.05, 0.1) is 0 Å². The maximum atomic E-state index is 12.0. The van der Waals surface area contributed by atoms with E-state index in [0.29, 0.717) is 10.6 Å². The smallest absolute Gasteiger partial charge is 0.200 e. The Morgan fingerprint density at radius 3 is 2.68 bits per heavy atom. The summed E-state index contributed by atoms with van der Waals surface area (Å²) >= 11 is 5.86. The molecule has 0 bridgehead atoms. The molecule has 3 heteroatoms. The first-order valence-corrected chi connectivity index (χ1v) is 6.58. The fourth-order valence-electron chi connectivity index (χ4n) is 1.83. The second-order valence-corrected chi connectivity index (χ2v) is 4.62. The van der Waals surface area contributed by atoms with Crippen LogP contribution in [0.3, 0.4) is 0 Å². The molecular weight excluding hydrogens is 260 g/mol. The molecule has 2 nitrogen and oxygen atoms in total. The number of halogens is 1. The van der Waals surface area contributed by atoms with Crippen LogP contribution in [0, 0.1) is 0 Å². The van der Waals surface area contributed by atoms with Gasteiger partial charge in [-0.15, -0.1) is 0 Å². The summed E-state index contributed by atoms with van der Waals surface area (Å²) in [6.45, 7) is 2.08. The Morgan fingerprint density at radius 1 is 1.16 bits per heavy atom. The standard InChI is InChI=1S/C16H15ClO2/c1-2-12-6-3-4-9-16(12)19-11-15(18)13-7-5-8-14(17)10-13/h3-10H,2,11H2,1H3. The number of hydrogen-bond acceptors (Lipinski definition) is 2. The van der Waals surface area contributed by atoms with Crippen molar-refractivity contribution in [2.75, 3.05) is 6.61 Å². The summed E-state index contributed by atoms with van der Waals surface area (Å²) in [7, 11) is 0. The highest BCUT2D eigenvalue weighted by Gasteiger charge is 2.08. The van der Waals surface area contributed by atoms with Crippen molar-refractivity contribution >= 4 is 17.4 Å². The van der Waals surface area contributed by atoms with E-state index in [1.807, 2.05) is 24.3 Å². The van der Waals surface area contributed by atoms with Crippen LogP contribution in [0.1, 0.15) is 22.8 Å². The molecule has 0 spiro atoms. The van der Waals surface area contributed by atoms with Gasteiger partial charge < -0.3 is 4.74 Å². The summed E-state index contributed by atoms with van der Waals surface area (Å²) in [4.78, 5) is 12.0. The van der Waals surface area contributed by atoms with Crippen LogP contribution >= 0.6 is 11.6 Å². The summed E-state index contributed by atoms with van der Waals surface area (Å²) in [5, 5.41) is 0.555. The average Bonchev–Trinajstić information content (AvgIpc) is 2.45. The lowest BCUT2D eigenvalue weighted by molar-refractivity contribution is 0.0921. The fraction of sp³-hybridized carbons (Fsp3) is 0.188. The molecule has 0 aliphatic rings. The second kappa shape index (κ2) is 6.39. The number of carbonyl (C=O) groups is 1. The van der Waals surface area contributed by atoms with E-state index in [1.54, 1.807) is 24.3 Å². The fourth-order valence-corrected chi connectivity index (χ4v) is 2.02. The molecule has 19 heavy (non-hydrogen) atoms. The van der Waals surface area contributed by atoms with E-state index in [1.165, 1.54) is 0 Å². The van der Waals surface area contributed by atoms with Crippen LogP contribution in [-0.2, 0) is 6.42 Å². The molecule has 0 atom stereocenters. The molecule has 0 aromatic heterocycles. The van der Waals surface area contributed by atoms with Crippen molar-refractivity contribution < 1.29 is 9.53 Å². The minimum Gasteiger partial charge on any atom is -0.485 e. The second-order valence-electron chi connectivity index (χ2n) is 4.18. The van der Waals surface area contributed by atoms with Gasteiger partial charge in [0.2, 0.25) is 0 Å². The topological polar surface area (TPSA) is 26.3 Å². The number of carbonyl (C=O) groups excluding carboxylic acids is 1. The highest BCUT2D eigenvalue weighted by molar-refractivity contribution is 6.31. The van der Waals surface area contributed by atoms with Crippen LogP contribution in [-0.4, -0.2) is 12.4 Å². The van der Waals surface area contributed by atoms with Crippen LogP contribution in [0.25, 0.3) is 0 Å². The first kappa shape index (κ1) is 13.6. The minimum atomic E-state index is -0.0755. The number of benzene rings is 2. The summed E-state index contributed by atoms with van der Waals surface area (Å²) in [6.07, 6.45) is 0.877. The largest absolute Gasteiger partial charge is 0.485 e. The molecule has 0 amide bonds. The minimum absolute atomic E-state index is 0.0252. The van der Waals surface area contributed by atoms with Gasteiger partial charge in [-0.2, -0.15) is 0 Å². The van der Waals surface area contributed by atoms with Gasteiger partial charge in [0, 0.05) is 10.6 Å². The van der Waals surface area contributed by atoms with Crippen molar-refractivity contribution in [1.29, 1.82) is 0 Å². The molecule has 0 aliphatic heterocycles. The van der Waals surface area contributed by atoms with E-state index in [2.05, 4.69) is 6.92 Å². The maximum absolute atomic E-state index is 12.0. The number of Topliss-reactive ketones (excluding diaryl/α,β-unsaturated/α-hetero) is 1. The molecule has 2 rings (SSSR count). The average molecular weight is 275 g/mol. The highest BCUT2D eigenvalue weighted by atomic mass is 35.5. The Labute approximate surface area is 118 Å². The summed E-state index contributed by atoms with van der Waals surface area (Å²) in [5.74, 6) is 0.689. The predicted octanol–water partition coefficient (Wildman–Crippen LogP) is 4.16.